The average Bonchev–Trinajstić information content (AvgIpc) is 2.56. The second kappa shape index (κ2) is 8.40. The van der Waals surface area contributed by atoms with Crippen molar-refractivity contribution >= 4 is 23.3 Å². The molecule has 1 aromatic carbocycles. The van der Waals surface area contributed by atoms with Crippen molar-refractivity contribution in [2.75, 3.05) is 34.3 Å². The summed E-state index contributed by atoms with van der Waals surface area (Å²) in [5, 5.41) is 3.69. The van der Waals surface area contributed by atoms with E-state index < -0.39 is 12.0 Å². The molecule has 0 spiro atoms. The Morgan fingerprint density at radius 2 is 2.16 bits per heavy atom. The number of carbonyl (C=O) groups is 1. The Morgan fingerprint density at radius 1 is 1.44 bits per heavy atom. The Labute approximate surface area is 153 Å². The number of ether oxygens (including phenoxy) is 1. The third kappa shape index (κ3) is 4.55. The van der Waals surface area contributed by atoms with Crippen molar-refractivity contribution in [2.45, 2.75) is 19.4 Å². The van der Waals surface area contributed by atoms with Crippen LogP contribution >= 0.6 is 12.2 Å². The zero-order chi connectivity index (χ0) is 18.6. The predicted octanol–water partition coefficient (Wildman–Crippen LogP) is 2.46. The van der Waals surface area contributed by atoms with Crippen LogP contribution in [0.1, 0.15) is 24.9 Å². The second-order valence-corrected chi connectivity index (χ2v) is 6.62. The maximum atomic E-state index is 13.6. The van der Waals surface area contributed by atoms with Gasteiger partial charge in [-0.3, -0.25) is 0 Å². The summed E-state index contributed by atoms with van der Waals surface area (Å²) in [6.07, 6.45) is 0.894. The molecule has 0 fully saturated rings. The number of nitrogens with one attached hydrogen (secondary N) is 1. The van der Waals surface area contributed by atoms with Gasteiger partial charge in [0.15, 0.2) is 5.11 Å². The van der Waals surface area contributed by atoms with E-state index in [4.69, 9.17) is 17.0 Å². The minimum atomic E-state index is -0.527. The summed E-state index contributed by atoms with van der Waals surface area (Å²) in [7, 11) is 5.36. The lowest BCUT2D eigenvalue weighted by Gasteiger charge is -2.37. The molecule has 1 aliphatic heterocycles. The van der Waals surface area contributed by atoms with Crippen LogP contribution in [0.4, 0.5) is 4.39 Å². The van der Waals surface area contributed by atoms with Crippen LogP contribution < -0.4 is 5.32 Å². The third-order valence-electron chi connectivity index (χ3n) is 4.17. The Kier molecular flexibility index (Phi) is 6.50. The number of hydrogen-bond acceptors (Lipinski definition) is 4. The van der Waals surface area contributed by atoms with Crippen molar-refractivity contribution in [1.29, 1.82) is 0 Å². The van der Waals surface area contributed by atoms with Gasteiger partial charge in [-0.05, 0) is 63.9 Å². The van der Waals surface area contributed by atoms with Crippen LogP contribution in [0, 0.1) is 5.82 Å². The zero-order valence-corrected chi connectivity index (χ0v) is 15.8. The Morgan fingerprint density at radius 3 is 2.76 bits per heavy atom. The second-order valence-electron chi connectivity index (χ2n) is 6.24. The smallest absolute Gasteiger partial charge is 0.337 e. The number of nitrogens with zero attached hydrogens (tertiary/aromatic N) is 2. The first-order valence-corrected chi connectivity index (χ1v) is 8.53. The molecular formula is C18H24FN3O2S. The number of methoxy groups -OCH3 is 1. The van der Waals surface area contributed by atoms with Gasteiger partial charge in [0, 0.05) is 12.2 Å². The lowest BCUT2D eigenvalue weighted by atomic mass is 9.95. The van der Waals surface area contributed by atoms with E-state index in [1.165, 1.54) is 19.2 Å². The Bertz CT molecular complexity index is 691. The van der Waals surface area contributed by atoms with E-state index in [0.717, 1.165) is 18.7 Å². The fourth-order valence-corrected chi connectivity index (χ4v) is 3.25. The summed E-state index contributed by atoms with van der Waals surface area (Å²) in [6.45, 7) is 3.45. The summed E-state index contributed by atoms with van der Waals surface area (Å²) in [6, 6.07) is 5.62. The normalized spacial score (nSPS) is 17.8. The van der Waals surface area contributed by atoms with Gasteiger partial charge in [-0.15, -0.1) is 0 Å². The molecule has 5 nitrogen and oxygen atoms in total. The molecule has 1 atom stereocenters. The molecule has 2 rings (SSSR count). The molecule has 1 heterocycles. The van der Waals surface area contributed by atoms with E-state index in [2.05, 4.69) is 10.2 Å². The number of benzene rings is 1. The van der Waals surface area contributed by atoms with Gasteiger partial charge in [-0.1, -0.05) is 12.1 Å². The predicted molar refractivity (Wildman–Crippen MR) is 99.5 cm³/mol. The van der Waals surface area contributed by atoms with Gasteiger partial charge in [0.05, 0.1) is 18.7 Å². The summed E-state index contributed by atoms with van der Waals surface area (Å²) < 4.78 is 18.6. The number of hydrogen-bond donors (Lipinski definition) is 1. The van der Waals surface area contributed by atoms with Crippen LogP contribution in [0.5, 0.6) is 0 Å². The average molecular weight is 365 g/mol. The van der Waals surface area contributed by atoms with Crippen LogP contribution in [-0.2, 0) is 9.53 Å². The van der Waals surface area contributed by atoms with Gasteiger partial charge >= 0.3 is 5.97 Å². The summed E-state index contributed by atoms with van der Waals surface area (Å²) >= 11 is 5.49. The lowest BCUT2D eigenvalue weighted by Crippen LogP contribution is -2.48. The van der Waals surface area contributed by atoms with E-state index in [1.807, 2.05) is 25.9 Å². The molecule has 0 bridgehead atoms. The number of halogens is 1. The highest BCUT2D eigenvalue weighted by Gasteiger charge is 2.34. The molecule has 0 radical (unpaired) electrons. The molecule has 0 amide bonds. The minimum absolute atomic E-state index is 0.361. The molecule has 0 saturated heterocycles. The topological polar surface area (TPSA) is 44.8 Å². The van der Waals surface area contributed by atoms with Crippen molar-refractivity contribution < 1.29 is 13.9 Å². The molecule has 1 aromatic rings. The van der Waals surface area contributed by atoms with E-state index in [9.17, 15) is 9.18 Å². The first kappa shape index (κ1) is 19.3. The minimum Gasteiger partial charge on any atom is -0.466 e. The van der Waals surface area contributed by atoms with Crippen LogP contribution in [0.3, 0.4) is 0 Å². The van der Waals surface area contributed by atoms with Crippen LogP contribution in [-0.4, -0.2) is 55.2 Å². The number of carbonyl (C=O) groups excluding carboxylic acids is 1. The SMILES string of the molecule is COC(=O)C1=C(C)N(CCCN(C)C)C(=S)N[C@@H]1c1cccc(F)c1. The number of thiocarbonyl (C=S) groups is 1. The van der Waals surface area contributed by atoms with Gasteiger partial charge in [0.1, 0.15) is 5.82 Å². The zero-order valence-electron chi connectivity index (χ0n) is 15.0. The first-order chi connectivity index (χ1) is 11.8. The van der Waals surface area contributed by atoms with Gasteiger partial charge in [-0.25, -0.2) is 9.18 Å². The summed E-state index contributed by atoms with van der Waals surface area (Å²) in [4.78, 5) is 16.4. The third-order valence-corrected chi connectivity index (χ3v) is 4.51. The summed E-state index contributed by atoms with van der Waals surface area (Å²) in [5.74, 6) is -0.806. The van der Waals surface area contributed by atoms with E-state index in [0.29, 0.717) is 22.8 Å². The van der Waals surface area contributed by atoms with Crippen molar-refractivity contribution in [3.05, 3.63) is 46.9 Å². The molecule has 0 unspecified atom stereocenters. The molecule has 0 aromatic heterocycles. The molecule has 1 N–H and O–H groups in total. The van der Waals surface area contributed by atoms with E-state index in [-0.39, 0.29) is 5.82 Å². The van der Waals surface area contributed by atoms with E-state index in [1.54, 1.807) is 12.1 Å². The number of esters is 1. The summed E-state index contributed by atoms with van der Waals surface area (Å²) in [5.41, 5.74) is 1.82. The fourth-order valence-electron chi connectivity index (χ4n) is 2.91. The van der Waals surface area contributed by atoms with Crippen LogP contribution in [0.25, 0.3) is 0 Å². The van der Waals surface area contributed by atoms with Crippen molar-refractivity contribution in [1.82, 2.24) is 15.1 Å². The molecule has 0 saturated carbocycles. The molecular weight excluding hydrogens is 341 g/mol. The molecule has 25 heavy (non-hydrogen) atoms. The van der Waals surface area contributed by atoms with Gasteiger partial charge in [0.25, 0.3) is 0 Å². The molecule has 136 valence electrons. The molecule has 7 heteroatoms. The quantitative estimate of drug-likeness (QED) is 0.617. The molecule has 0 aliphatic carbocycles. The standard InChI is InChI=1S/C18H24FN3O2S/c1-12-15(17(23)24-4)16(13-7-5-8-14(19)11-13)20-18(25)22(12)10-6-9-21(2)3/h5,7-8,11,16H,6,9-10H2,1-4H3,(H,20,25)/t16-/m1/s1. The van der Waals surface area contributed by atoms with Crippen LogP contribution in [0.15, 0.2) is 35.5 Å². The fraction of sp³-hybridized carbons (Fsp3) is 0.444. The van der Waals surface area contributed by atoms with Gasteiger partial charge in [0.2, 0.25) is 0 Å². The molecule has 1 aliphatic rings. The highest BCUT2D eigenvalue weighted by atomic mass is 32.1. The Balaban J connectivity index is 2.37. The van der Waals surface area contributed by atoms with Crippen LogP contribution in [0.2, 0.25) is 0 Å². The highest BCUT2D eigenvalue weighted by Crippen LogP contribution is 2.31. The maximum absolute atomic E-state index is 13.6. The number of allylic oxidation sites excluding steroid dienone is 1. The lowest BCUT2D eigenvalue weighted by molar-refractivity contribution is -0.136. The number of rotatable bonds is 6. The maximum Gasteiger partial charge on any atom is 0.337 e. The first-order valence-electron chi connectivity index (χ1n) is 8.12. The Hall–Kier alpha value is -1.99. The van der Waals surface area contributed by atoms with Crippen molar-refractivity contribution in [3.8, 4) is 0 Å². The highest BCUT2D eigenvalue weighted by molar-refractivity contribution is 7.80. The van der Waals surface area contributed by atoms with E-state index >= 15 is 0 Å². The van der Waals surface area contributed by atoms with Gasteiger partial charge in [-0.2, -0.15) is 0 Å². The van der Waals surface area contributed by atoms with Gasteiger partial charge < -0.3 is 19.9 Å². The van der Waals surface area contributed by atoms with Crippen molar-refractivity contribution in [2.24, 2.45) is 0 Å². The monoisotopic (exact) mass is 365 g/mol. The van der Waals surface area contributed by atoms with Crippen molar-refractivity contribution in [3.63, 3.8) is 0 Å². The largest absolute Gasteiger partial charge is 0.466 e.